The predicted octanol–water partition coefficient (Wildman–Crippen LogP) is 1.73. The standard InChI is InChI=1S/C16H20N2O2/c1-12(10-13-5-6-13)18-16(20)15-8-7-14(11-17-15)4-2-3-9-19/h7-8,11-13,19H,3,5-6,9-10H2,1H3,(H,18,20). The van der Waals surface area contributed by atoms with Gasteiger partial charge in [0.05, 0.1) is 6.61 Å². The van der Waals surface area contributed by atoms with Crippen LogP contribution >= 0.6 is 0 Å². The number of hydrogen-bond acceptors (Lipinski definition) is 3. The summed E-state index contributed by atoms with van der Waals surface area (Å²) in [6.45, 7) is 2.09. The SMILES string of the molecule is CC(CC1CC1)NC(=O)c1ccc(C#CCCO)cn1. The second-order valence-corrected chi connectivity index (χ2v) is 5.26. The molecule has 0 saturated heterocycles. The molecule has 1 aromatic heterocycles. The molecule has 4 nitrogen and oxygen atoms in total. The lowest BCUT2D eigenvalue weighted by Crippen LogP contribution is -2.33. The van der Waals surface area contributed by atoms with E-state index in [0.29, 0.717) is 12.1 Å². The maximum Gasteiger partial charge on any atom is 0.270 e. The zero-order chi connectivity index (χ0) is 14.4. The Morgan fingerprint density at radius 3 is 2.95 bits per heavy atom. The molecule has 1 amide bonds. The Hall–Kier alpha value is -1.86. The van der Waals surface area contributed by atoms with Crippen LogP contribution in [0, 0.1) is 17.8 Å². The van der Waals surface area contributed by atoms with Crippen LogP contribution < -0.4 is 5.32 Å². The molecule has 2 N–H and O–H groups in total. The van der Waals surface area contributed by atoms with E-state index in [-0.39, 0.29) is 18.6 Å². The van der Waals surface area contributed by atoms with Crippen molar-refractivity contribution in [2.24, 2.45) is 5.92 Å². The number of nitrogens with one attached hydrogen (secondary N) is 1. The van der Waals surface area contributed by atoms with Gasteiger partial charge < -0.3 is 10.4 Å². The van der Waals surface area contributed by atoms with Crippen molar-refractivity contribution < 1.29 is 9.90 Å². The summed E-state index contributed by atoms with van der Waals surface area (Å²) >= 11 is 0. The van der Waals surface area contributed by atoms with E-state index in [0.717, 1.165) is 17.9 Å². The second-order valence-electron chi connectivity index (χ2n) is 5.26. The number of aliphatic hydroxyl groups excluding tert-OH is 1. The van der Waals surface area contributed by atoms with Gasteiger partial charge in [0.1, 0.15) is 5.69 Å². The van der Waals surface area contributed by atoms with E-state index in [1.54, 1.807) is 18.3 Å². The van der Waals surface area contributed by atoms with E-state index < -0.39 is 0 Å². The van der Waals surface area contributed by atoms with Crippen LogP contribution in [0.15, 0.2) is 18.3 Å². The Balaban J connectivity index is 1.88. The zero-order valence-electron chi connectivity index (χ0n) is 11.7. The lowest BCUT2D eigenvalue weighted by Gasteiger charge is -2.12. The lowest BCUT2D eigenvalue weighted by atomic mass is 10.1. The number of aromatic nitrogens is 1. The topological polar surface area (TPSA) is 62.2 Å². The number of rotatable bonds is 5. The molecule has 1 aliphatic carbocycles. The number of amides is 1. The van der Waals surface area contributed by atoms with Gasteiger partial charge in [0.15, 0.2) is 0 Å². The summed E-state index contributed by atoms with van der Waals surface area (Å²) < 4.78 is 0. The summed E-state index contributed by atoms with van der Waals surface area (Å²) in [5.41, 5.74) is 1.17. The van der Waals surface area contributed by atoms with Gasteiger partial charge in [-0.1, -0.05) is 24.7 Å². The monoisotopic (exact) mass is 272 g/mol. The molecule has 106 valence electrons. The van der Waals surface area contributed by atoms with Crippen LogP contribution in [-0.2, 0) is 0 Å². The fourth-order valence-corrected chi connectivity index (χ4v) is 2.03. The van der Waals surface area contributed by atoms with Crippen molar-refractivity contribution in [2.45, 2.75) is 38.6 Å². The Morgan fingerprint density at radius 1 is 1.55 bits per heavy atom. The maximum absolute atomic E-state index is 12.0. The molecule has 1 atom stereocenters. The summed E-state index contributed by atoms with van der Waals surface area (Å²) in [5.74, 6) is 6.37. The van der Waals surface area contributed by atoms with E-state index in [2.05, 4.69) is 22.1 Å². The number of hydrogen-bond donors (Lipinski definition) is 2. The molecule has 0 radical (unpaired) electrons. The largest absolute Gasteiger partial charge is 0.395 e. The van der Waals surface area contributed by atoms with Gasteiger partial charge in [0.25, 0.3) is 5.91 Å². The minimum Gasteiger partial charge on any atom is -0.395 e. The molecular formula is C16H20N2O2. The minimum atomic E-state index is -0.131. The van der Waals surface area contributed by atoms with Crippen LogP contribution in [0.4, 0.5) is 0 Å². The van der Waals surface area contributed by atoms with Gasteiger partial charge in [0.2, 0.25) is 0 Å². The normalized spacial score (nSPS) is 15.1. The van der Waals surface area contributed by atoms with Crippen LogP contribution in [0.25, 0.3) is 0 Å². The van der Waals surface area contributed by atoms with Crippen molar-refractivity contribution in [3.8, 4) is 11.8 Å². The molecule has 1 unspecified atom stereocenters. The van der Waals surface area contributed by atoms with Gasteiger partial charge in [-0.2, -0.15) is 0 Å². The average Bonchev–Trinajstić information content (AvgIpc) is 3.23. The van der Waals surface area contributed by atoms with Crippen LogP contribution in [0.5, 0.6) is 0 Å². The maximum atomic E-state index is 12.0. The van der Waals surface area contributed by atoms with Gasteiger partial charge in [-0.3, -0.25) is 4.79 Å². The van der Waals surface area contributed by atoms with Gasteiger partial charge in [-0.25, -0.2) is 4.98 Å². The molecule has 2 rings (SSSR count). The molecule has 0 aliphatic heterocycles. The van der Waals surface area contributed by atoms with Crippen molar-refractivity contribution in [3.63, 3.8) is 0 Å². The summed E-state index contributed by atoms with van der Waals surface area (Å²) in [6, 6.07) is 3.65. The van der Waals surface area contributed by atoms with Gasteiger partial charge in [0, 0.05) is 24.2 Å². The first kappa shape index (κ1) is 14.5. The van der Waals surface area contributed by atoms with Crippen LogP contribution in [0.3, 0.4) is 0 Å². The molecule has 1 aliphatic rings. The van der Waals surface area contributed by atoms with Crippen molar-refractivity contribution in [2.75, 3.05) is 6.61 Å². The quantitative estimate of drug-likeness (QED) is 0.802. The zero-order valence-corrected chi connectivity index (χ0v) is 11.7. The van der Waals surface area contributed by atoms with Crippen molar-refractivity contribution in [1.29, 1.82) is 0 Å². The molecule has 1 heterocycles. The van der Waals surface area contributed by atoms with Gasteiger partial charge in [-0.05, 0) is 31.4 Å². The first-order chi connectivity index (χ1) is 9.69. The van der Waals surface area contributed by atoms with E-state index in [9.17, 15) is 4.79 Å². The van der Waals surface area contributed by atoms with E-state index >= 15 is 0 Å². The number of nitrogens with zero attached hydrogens (tertiary/aromatic N) is 1. The Morgan fingerprint density at radius 2 is 2.35 bits per heavy atom. The summed E-state index contributed by atoms with van der Waals surface area (Å²) in [4.78, 5) is 16.1. The fraction of sp³-hybridized carbons (Fsp3) is 0.500. The predicted molar refractivity (Wildman–Crippen MR) is 77.1 cm³/mol. The molecule has 4 heteroatoms. The molecule has 1 saturated carbocycles. The van der Waals surface area contributed by atoms with E-state index in [4.69, 9.17) is 5.11 Å². The Kier molecular flexibility index (Phi) is 5.14. The summed E-state index contributed by atoms with van der Waals surface area (Å²) in [7, 11) is 0. The van der Waals surface area contributed by atoms with Crippen molar-refractivity contribution in [3.05, 3.63) is 29.6 Å². The van der Waals surface area contributed by atoms with E-state index in [1.807, 2.05) is 6.92 Å². The summed E-state index contributed by atoms with van der Waals surface area (Å²) in [5, 5.41) is 11.6. The van der Waals surface area contributed by atoms with Crippen LogP contribution in [0.2, 0.25) is 0 Å². The van der Waals surface area contributed by atoms with Crippen molar-refractivity contribution in [1.82, 2.24) is 10.3 Å². The molecule has 20 heavy (non-hydrogen) atoms. The van der Waals surface area contributed by atoms with Gasteiger partial charge >= 0.3 is 0 Å². The number of pyridine rings is 1. The molecule has 1 fully saturated rings. The van der Waals surface area contributed by atoms with E-state index in [1.165, 1.54) is 12.8 Å². The highest BCUT2D eigenvalue weighted by molar-refractivity contribution is 5.92. The average molecular weight is 272 g/mol. The minimum absolute atomic E-state index is 0.0554. The first-order valence-electron chi connectivity index (χ1n) is 7.05. The number of carbonyl (C=O) groups is 1. The van der Waals surface area contributed by atoms with Gasteiger partial charge in [-0.15, -0.1) is 0 Å². The third-order valence-electron chi connectivity index (χ3n) is 3.23. The molecule has 0 aromatic carbocycles. The molecular weight excluding hydrogens is 252 g/mol. The summed E-state index contributed by atoms with van der Waals surface area (Å²) in [6.07, 6.45) is 5.67. The Bertz CT molecular complexity index is 510. The number of carbonyl (C=O) groups excluding carboxylic acids is 1. The highest BCUT2D eigenvalue weighted by Gasteiger charge is 2.24. The van der Waals surface area contributed by atoms with Crippen LogP contribution in [0.1, 0.15) is 48.7 Å². The smallest absolute Gasteiger partial charge is 0.270 e. The first-order valence-corrected chi connectivity index (χ1v) is 7.05. The lowest BCUT2D eigenvalue weighted by molar-refractivity contribution is 0.0932. The number of aliphatic hydroxyl groups is 1. The highest BCUT2D eigenvalue weighted by atomic mass is 16.2. The third-order valence-corrected chi connectivity index (χ3v) is 3.23. The highest BCUT2D eigenvalue weighted by Crippen LogP contribution is 2.33. The molecule has 1 aromatic rings. The molecule has 0 spiro atoms. The van der Waals surface area contributed by atoms with Crippen molar-refractivity contribution >= 4 is 5.91 Å². The third kappa shape index (κ3) is 4.67. The fourth-order valence-electron chi connectivity index (χ4n) is 2.03. The molecule has 0 bridgehead atoms. The second kappa shape index (κ2) is 7.06. The van der Waals surface area contributed by atoms with Crippen LogP contribution in [-0.4, -0.2) is 28.6 Å². The Labute approximate surface area is 119 Å².